The van der Waals surface area contributed by atoms with E-state index in [4.69, 9.17) is 9.15 Å². The first-order valence-corrected chi connectivity index (χ1v) is 10.6. The molecule has 34 heavy (non-hydrogen) atoms. The largest absolute Gasteiger partial charge is 0.548 e. The summed E-state index contributed by atoms with van der Waals surface area (Å²) in [6.07, 6.45) is 0.522. The van der Waals surface area contributed by atoms with Crippen molar-refractivity contribution in [2.75, 3.05) is 0 Å². The van der Waals surface area contributed by atoms with Gasteiger partial charge in [-0.15, -0.1) is 0 Å². The van der Waals surface area contributed by atoms with Crippen LogP contribution < -0.4 is 20.8 Å². The average Bonchev–Trinajstić information content (AvgIpc) is 3.13. The van der Waals surface area contributed by atoms with Crippen LogP contribution in [-0.2, 0) is 16.0 Å². The second-order valence-electron chi connectivity index (χ2n) is 8.27. The minimum atomic E-state index is -1.45. The number of amides is 1. The van der Waals surface area contributed by atoms with E-state index in [1.807, 2.05) is 0 Å². The number of carboxylic acids is 1. The van der Waals surface area contributed by atoms with E-state index in [0.29, 0.717) is 33.2 Å². The van der Waals surface area contributed by atoms with Gasteiger partial charge >= 0.3 is 5.63 Å². The van der Waals surface area contributed by atoms with Crippen molar-refractivity contribution < 1.29 is 29.0 Å². The van der Waals surface area contributed by atoms with Gasteiger partial charge in [-0.25, -0.2) is 4.79 Å². The lowest BCUT2D eigenvalue weighted by molar-refractivity contribution is -0.308. The van der Waals surface area contributed by atoms with Crippen LogP contribution in [0, 0.1) is 13.8 Å². The van der Waals surface area contributed by atoms with Crippen molar-refractivity contribution in [1.29, 1.82) is 0 Å². The normalized spacial score (nSPS) is 13.0. The lowest BCUT2D eigenvalue weighted by atomic mass is 10.0. The van der Waals surface area contributed by atoms with Gasteiger partial charge in [0.25, 0.3) is 5.91 Å². The molecule has 9 nitrogen and oxygen atoms in total. The molecule has 4 aromatic rings. The first-order valence-electron chi connectivity index (χ1n) is 10.6. The van der Waals surface area contributed by atoms with Crippen molar-refractivity contribution in [3.8, 4) is 11.5 Å². The predicted octanol–water partition coefficient (Wildman–Crippen LogP) is 1.84. The molecule has 4 rings (SSSR count). The lowest BCUT2D eigenvalue weighted by Crippen LogP contribution is -2.52. The molecule has 2 aromatic heterocycles. The average molecular weight is 463 g/mol. The third kappa shape index (κ3) is 4.59. The van der Waals surface area contributed by atoms with Crippen LogP contribution in [0.15, 0.2) is 51.8 Å². The Morgan fingerprint density at radius 3 is 2.71 bits per heavy atom. The van der Waals surface area contributed by atoms with Crippen molar-refractivity contribution in [3.63, 3.8) is 0 Å². The fourth-order valence-corrected chi connectivity index (χ4v) is 3.95. The molecular weight excluding hydrogens is 440 g/mol. The van der Waals surface area contributed by atoms with Crippen molar-refractivity contribution in [3.05, 3.63) is 69.7 Å². The Balaban J connectivity index is 1.54. The molecule has 0 fully saturated rings. The van der Waals surface area contributed by atoms with Crippen molar-refractivity contribution in [2.45, 2.75) is 39.3 Å². The highest BCUT2D eigenvalue weighted by Crippen LogP contribution is 2.30. The van der Waals surface area contributed by atoms with Gasteiger partial charge in [0.2, 0.25) is 0 Å². The van der Waals surface area contributed by atoms with E-state index in [1.54, 1.807) is 38.2 Å². The van der Waals surface area contributed by atoms with Gasteiger partial charge in [-0.3, -0.25) is 4.79 Å². The van der Waals surface area contributed by atoms with Gasteiger partial charge in [0.15, 0.2) is 6.10 Å². The van der Waals surface area contributed by atoms with Gasteiger partial charge in [-0.1, -0.05) is 0 Å². The smallest absolute Gasteiger partial charge is 0.336 e. The van der Waals surface area contributed by atoms with Crippen molar-refractivity contribution in [1.82, 2.24) is 10.3 Å². The van der Waals surface area contributed by atoms with Crippen LogP contribution in [-0.4, -0.2) is 34.1 Å². The maximum Gasteiger partial charge on any atom is 0.336 e. The van der Waals surface area contributed by atoms with E-state index in [0.717, 1.165) is 11.1 Å². The molecule has 2 atom stereocenters. The molecule has 2 aromatic carbocycles. The molecule has 0 radical (unpaired) electrons. The van der Waals surface area contributed by atoms with Gasteiger partial charge in [-0.05, 0) is 67.8 Å². The molecule has 0 aliphatic heterocycles. The molecule has 0 saturated heterocycles. The van der Waals surface area contributed by atoms with Crippen LogP contribution in [0.4, 0.5) is 0 Å². The molecule has 0 aliphatic carbocycles. The number of carbonyl (C=O) groups is 2. The van der Waals surface area contributed by atoms with E-state index in [1.165, 1.54) is 25.1 Å². The number of phenols is 1. The molecule has 176 valence electrons. The number of rotatable bonds is 7. The van der Waals surface area contributed by atoms with E-state index < -0.39 is 29.6 Å². The molecule has 3 N–H and O–H groups in total. The number of phenolic OH excluding ortho intramolecular Hbond substituents is 1. The zero-order valence-corrected chi connectivity index (χ0v) is 18.8. The summed E-state index contributed by atoms with van der Waals surface area (Å²) in [4.78, 5) is 39.3. The highest BCUT2D eigenvalue weighted by atomic mass is 16.5. The Bertz CT molecular complexity index is 1470. The second-order valence-corrected chi connectivity index (χ2v) is 8.27. The standard InChI is InChI=1S/C25H24N2O7/c1-12-6-20(23-13(2)8-22(29)34-21(23)7-12)33-14(3)24(30)27-19(25(31)32)9-15-11-26-18-5-4-16(28)10-17(15)18/h4-8,10-11,14,19,26,28H,9H2,1-3H3,(H,27,30)(H,31,32)/p-1/t14-,19+/m1/s1. The number of hydrogen-bond acceptors (Lipinski definition) is 7. The number of fused-ring (bicyclic) bond motifs is 2. The summed E-state index contributed by atoms with van der Waals surface area (Å²) in [6.45, 7) is 5.02. The Kier molecular flexibility index (Phi) is 6.02. The predicted molar refractivity (Wildman–Crippen MR) is 123 cm³/mol. The Morgan fingerprint density at radius 2 is 1.97 bits per heavy atom. The van der Waals surface area contributed by atoms with Gasteiger partial charge in [0.05, 0.1) is 17.4 Å². The number of aryl methyl sites for hydroxylation is 2. The Labute approximate surface area is 194 Å². The summed E-state index contributed by atoms with van der Waals surface area (Å²) in [6, 6.07) is 8.13. The summed E-state index contributed by atoms with van der Waals surface area (Å²) in [5.41, 5.74) is 2.56. The first-order chi connectivity index (χ1) is 16.1. The monoisotopic (exact) mass is 463 g/mol. The Hall–Kier alpha value is -4.27. The molecular formula is C25H23N2O7-. The van der Waals surface area contributed by atoms with Crippen LogP contribution in [0.25, 0.3) is 21.9 Å². The SMILES string of the molecule is Cc1cc(O[C@H](C)C(=O)N[C@@H](Cc2c[nH]c3ccc(O)cc23)C(=O)[O-])c2c(C)cc(=O)oc2c1. The number of aromatic nitrogens is 1. The molecule has 9 heteroatoms. The van der Waals surface area contributed by atoms with Gasteiger partial charge in [-0.2, -0.15) is 0 Å². The van der Waals surface area contributed by atoms with Crippen molar-refractivity contribution in [2.24, 2.45) is 0 Å². The fourth-order valence-electron chi connectivity index (χ4n) is 3.95. The fraction of sp³-hybridized carbons (Fsp3) is 0.240. The topological polar surface area (TPSA) is 145 Å². The van der Waals surface area contributed by atoms with Crippen LogP contribution in [0.3, 0.4) is 0 Å². The van der Waals surface area contributed by atoms with E-state index >= 15 is 0 Å². The zero-order valence-electron chi connectivity index (χ0n) is 18.8. The number of aromatic hydroxyl groups is 1. The lowest BCUT2D eigenvalue weighted by Gasteiger charge is -2.23. The highest BCUT2D eigenvalue weighted by Gasteiger charge is 2.23. The summed E-state index contributed by atoms with van der Waals surface area (Å²) >= 11 is 0. The number of aromatic amines is 1. The molecule has 0 saturated carbocycles. The summed E-state index contributed by atoms with van der Waals surface area (Å²) in [7, 11) is 0. The van der Waals surface area contributed by atoms with E-state index in [9.17, 15) is 24.6 Å². The molecule has 0 aliphatic rings. The van der Waals surface area contributed by atoms with Crippen LogP contribution in [0.1, 0.15) is 23.6 Å². The van der Waals surface area contributed by atoms with Crippen LogP contribution >= 0.6 is 0 Å². The van der Waals surface area contributed by atoms with E-state index in [-0.39, 0.29) is 12.2 Å². The summed E-state index contributed by atoms with van der Waals surface area (Å²) < 4.78 is 11.1. The first kappa shape index (κ1) is 22.9. The number of hydrogen-bond donors (Lipinski definition) is 3. The Morgan fingerprint density at radius 1 is 1.21 bits per heavy atom. The van der Waals surface area contributed by atoms with Gasteiger partial charge in [0, 0.05) is 29.6 Å². The van der Waals surface area contributed by atoms with E-state index in [2.05, 4.69) is 10.3 Å². The molecule has 0 bridgehead atoms. The van der Waals surface area contributed by atoms with Gasteiger partial charge < -0.3 is 34.5 Å². The zero-order chi connectivity index (χ0) is 24.6. The van der Waals surface area contributed by atoms with Crippen LogP contribution in [0.2, 0.25) is 0 Å². The third-order valence-electron chi connectivity index (χ3n) is 5.60. The molecule has 1 amide bonds. The number of ether oxygens (including phenoxy) is 1. The summed E-state index contributed by atoms with van der Waals surface area (Å²) in [5.74, 6) is -1.72. The number of carbonyl (C=O) groups excluding carboxylic acids is 2. The second kappa shape index (κ2) is 8.93. The quantitative estimate of drug-likeness (QED) is 0.355. The molecule has 0 spiro atoms. The maximum absolute atomic E-state index is 12.8. The number of aliphatic carboxylic acids is 1. The minimum Gasteiger partial charge on any atom is -0.548 e. The summed E-state index contributed by atoms with van der Waals surface area (Å²) in [5, 5.41) is 25.2. The number of H-pyrrole nitrogens is 1. The minimum absolute atomic E-state index is 0.0425. The number of benzene rings is 2. The highest BCUT2D eigenvalue weighted by molar-refractivity contribution is 5.90. The number of carboxylic acid groups (broad SMARTS) is 1. The molecule has 0 unspecified atom stereocenters. The molecule has 2 heterocycles. The van der Waals surface area contributed by atoms with Gasteiger partial charge in [0.1, 0.15) is 17.1 Å². The number of nitrogens with one attached hydrogen (secondary N) is 2. The maximum atomic E-state index is 12.8. The third-order valence-corrected chi connectivity index (χ3v) is 5.60. The van der Waals surface area contributed by atoms with Crippen molar-refractivity contribution >= 4 is 33.7 Å². The van der Waals surface area contributed by atoms with Crippen LogP contribution in [0.5, 0.6) is 11.5 Å².